The summed E-state index contributed by atoms with van der Waals surface area (Å²) in [5, 5.41) is 14.4. The summed E-state index contributed by atoms with van der Waals surface area (Å²) in [6.45, 7) is 8.53. The molecule has 2 heterocycles. The number of aliphatic hydroxyl groups excluding tert-OH is 1. The van der Waals surface area contributed by atoms with E-state index in [1.807, 2.05) is 13.0 Å². The minimum Gasteiger partial charge on any atom is -0.387 e. The molecular formula is C18H25N3O2. The van der Waals surface area contributed by atoms with Crippen LogP contribution in [0.3, 0.4) is 0 Å². The van der Waals surface area contributed by atoms with Crippen molar-refractivity contribution >= 4 is 0 Å². The van der Waals surface area contributed by atoms with E-state index in [4.69, 9.17) is 4.52 Å². The summed E-state index contributed by atoms with van der Waals surface area (Å²) in [5.41, 5.74) is 3.47. The monoisotopic (exact) mass is 315 g/mol. The van der Waals surface area contributed by atoms with Gasteiger partial charge >= 0.3 is 0 Å². The van der Waals surface area contributed by atoms with E-state index in [9.17, 15) is 5.11 Å². The fourth-order valence-corrected chi connectivity index (χ4v) is 3.22. The maximum atomic E-state index is 10.6. The molecule has 23 heavy (non-hydrogen) atoms. The van der Waals surface area contributed by atoms with Crippen LogP contribution in [0.2, 0.25) is 0 Å². The quantitative estimate of drug-likeness (QED) is 0.940. The first-order valence-corrected chi connectivity index (χ1v) is 8.30. The van der Waals surface area contributed by atoms with E-state index in [1.165, 1.54) is 11.1 Å². The van der Waals surface area contributed by atoms with Gasteiger partial charge in [0.1, 0.15) is 0 Å². The Morgan fingerprint density at radius 3 is 2.83 bits per heavy atom. The molecule has 1 aliphatic rings. The standard InChI is InChI=1S/C18H25N3O2/c1-12-6-7-15(9-13(12)2)17(22)11-21-8-4-5-16(10-21)18-19-14(3)20-23-18/h6-7,9,16-17,22H,4-5,8,10-11H2,1-3H3. The molecule has 0 saturated carbocycles. The Balaban J connectivity index is 1.63. The zero-order valence-electron chi connectivity index (χ0n) is 14.1. The van der Waals surface area contributed by atoms with E-state index >= 15 is 0 Å². The molecule has 0 amide bonds. The largest absolute Gasteiger partial charge is 0.387 e. The van der Waals surface area contributed by atoms with Gasteiger partial charge in [0.25, 0.3) is 0 Å². The van der Waals surface area contributed by atoms with Crippen LogP contribution in [-0.4, -0.2) is 39.8 Å². The third kappa shape index (κ3) is 3.79. The van der Waals surface area contributed by atoms with Gasteiger partial charge < -0.3 is 9.63 Å². The zero-order chi connectivity index (χ0) is 16.4. The summed E-state index contributed by atoms with van der Waals surface area (Å²) < 4.78 is 5.32. The number of aliphatic hydroxyl groups is 1. The first-order chi connectivity index (χ1) is 11.0. The van der Waals surface area contributed by atoms with Crippen LogP contribution in [0, 0.1) is 20.8 Å². The van der Waals surface area contributed by atoms with E-state index in [0.717, 1.165) is 37.4 Å². The second kappa shape index (κ2) is 6.81. The second-order valence-corrected chi connectivity index (χ2v) is 6.64. The number of piperidine rings is 1. The number of β-amino-alcohol motifs (C(OH)–C–C–N with tert-alkyl or cyclic N) is 1. The molecular weight excluding hydrogens is 290 g/mol. The lowest BCUT2D eigenvalue weighted by atomic mass is 9.96. The van der Waals surface area contributed by atoms with Crippen molar-refractivity contribution in [1.29, 1.82) is 0 Å². The zero-order valence-corrected chi connectivity index (χ0v) is 14.1. The van der Waals surface area contributed by atoms with Crippen molar-refractivity contribution in [2.45, 2.75) is 45.6 Å². The van der Waals surface area contributed by atoms with Crippen LogP contribution in [0.15, 0.2) is 22.7 Å². The molecule has 1 N–H and O–H groups in total. The van der Waals surface area contributed by atoms with Gasteiger partial charge in [-0.1, -0.05) is 23.4 Å². The molecule has 1 aromatic heterocycles. The lowest BCUT2D eigenvalue weighted by Crippen LogP contribution is -2.37. The molecule has 0 spiro atoms. The van der Waals surface area contributed by atoms with Crippen LogP contribution in [0.5, 0.6) is 0 Å². The predicted octanol–water partition coefficient (Wildman–Crippen LogP) is 2.91. The van der Waals surface area contributed by atoms with Gasteiger partial charge in [0.15, 0.2) is 5.82 Å². The Hall–Kier alpha value is -1.72. The molecule has 2 aromatic rings. The highest BCUT2D eigenvalue weighted by Gasteiger charge is 2.27. The maximum absolute atomic E-state index is 10.6. The molecule has 1 fully saturated rings. The van der Waals surface area contributed by atoms with Gasteiger partial charge in [-0.2, -0.15) is 4.98 Å². The average molecular weight is 315 g/mol. The van der Waals surface area contributed by atoms with Crippen molar-refractivity contribution in [2.24, 2.45) is 0 Å². The van der Waals surface area contributed by atoms with Crippen LogP contribution in [0.25, 0.3) is 0 Å². The number of benzene rings is 1. The number of aromatic nitrogens is 2. The lowest BCUT2D eigenvalue weighted by molar-refractivity contribution is 0.0910. The average Bonchev–Trinajstić information content (AvgIpc) is 2.97. The third-order valence-corrected chi connectivity index (χ3v) is 4.74. The van der Waals surface area contributed by atoms with Crippen LogP contribution < -0.4 is 0 Å². The normalized spacial score (nSPS) is 20.6. The number of hydrogen-bond donors (Lipinski definition) is 1. The van der Waals surface area contributed by atoms with Crippen molar-refractivity contribution in [2.75, 3.05) is 19.6 Å². The molecule has 5 nitrogen and oxygen atoms in total. The van der Waals surface area contributed by atoms with Crippen LogP contribution in [0.1, 0.15) is 53.3 Å². The highest BCUT2D eigenvalue weighted by molar-refractivity contribution is 5.31. The molecule has 1 aromatic carbocycles. The SMILES string of the molecule is Cc1noc(C2CCCN(CC(O)c3ccc(C)c(C)c3)C2)n1. The van der Waals surface area contributed by atoms with Gasteiger partial charge in [0, 0.05) is 13.1 Å². The minimum atomic E-state index is -0.461. The van der Waals surface area contributed by atoms with Gasteiger partial charge in [-0.15, -0.1) is 0 Å². The summed E-state index contributed by atoms with van der Waals surface area (Å²) in [4.78, 5) is 6.66. The molecule has 124 valence electrons. The van der Waals surface area contributed by atoms with Gasteiger partial charge in [0.05, 0.1) is 12.0 Å². The first-order valence-electron chi connectivity index (χ1n) is 8.30. The van der Waals surface area contributed by atoms with Gasteiger partial charge in [0.2, 0.25) is 5.89 Å². The van der Waals surface area contributed by atoms with Crippen molar-refractivity contribution in [3.63, 3.8) is 0 Å². The Kier molecular flexibility index (Phi) is 4.78. The van der Waals surface area contributed by atoms with Gasteiger partial charge in [-0.05, 0) is 56.8 Å². The Bertz CT molecular complexity index is 668. The van der Waals surface area contributed by atoms with E-state index < -0.39 is 6.10 Å². The van der Waals surface area contributed by atoms with Crippen molar-refractivity contribution < 1.29 is 9.63 Å². The number of aryl methyl sites for hydroxylation is 3. The third-order valence-electron chi connectivity index (χ3n) is 4.74. The number of hydrogen-bond acceptors (Lipinski definition) is 5. The van der Waals surface area contributed by atoms with E-state index in [2.05, 4.69) is 41.0 Å². The number of rotatable bonds is 4. The summed E-state index contributed by atoms with van der Waals surface area (Å²) in [5.74, 6) is 1.69. The molecule has 1 saturated heterocycles. The van der Waals surface area contributed by atoms with E-state index in [-0.39, 0.29) is 5.92 Å². The molecule has 5 heteroatoms. The topological polar surface area (TPSA) is 62.4 Å². The maximum Gasteiger partial charge on any atom is 0.231 e. The molecule has 3 rings (SSSR count). The molecule has 0 radical (unpaired) electrons. The van der Waals surface area contributed by atoms with Crippen molar-refractivity contribution in [3.05, 3.63) is 46.6 Å². The Morgan fingerprint density at radius 2 is 2.13 bits per heavy atom. The Labute approximate surface area is 137 Å². The predicted molar refractivity (Wildman–Crippen MR) is 88.3 cm³/mol. The van der Waals surface area contributed by atoms with Gasteiger partial charge in [-0.3, -0.25) is 4.90 Å². The summed E-state index contributed by atoms with van der Waals surface area (Å²) in [7, 11) is 0. The van der Waals surface area contributed by atoms with Crippen molar-refractivity contribution in [3.8, 4) is 0 Å². The summed E-state index contributed by atoms with van der Waals surface area (Å²) >= 11 is 0. The van der Waals surface area contributed by atoms with E-state index in [1.54, 1.807) is 0 Å². The van der Waals surface area contributed by atoms with Gasteiger partial charge in [-0.25, -0.2) is 0 Å². The van der Waals surface area contributed by atoms with Crippen LogP contribution in [-0.2, 0) is 0 Å². The second-order valence-electron chi connectivity index (χ2n) is 6.64. The highest BCUT2D eigenvalue weighted by atomic mass is 16.5. The molecule has 0 aliphatic carbocycles. The summed E-state index contributed by atoms with van der Waals surface area (Å²) in [6, 6.07) is 6.19. The smallest absolute Gasteiger partial charge is 0.231 e. The van der Waals surface area contributed by atoms with Crippen molar-refractivity contribution in [1.82, 2.24) is 15.0 Å². The minimum absolute atomic E-state index is 0.275. The first kappa shape index (κ1) is 16.1. The Morgan fingerprint density at radius 1 is 1.30 bits per heavy atom. The van der Waals surface area contributed by atoms with Crippen LogP contribution in [0.4, 0.5) is 0 Å². The highest BCUT2D eigenvalue weighted by Crippen LogP contribution is 2.27. The molecule has 0 bridgehead atoms. The fourth-order valence-electron chi connectivity index (χ4n) is 3.22. The summed E-state index contributed by atoms with van der Waals surface area (Å²) in [6.07, 6.45) is 1.70. The van der Waals surface area contributed by atoms with Crippen LogP contribution >= 0.6 is 0 Å². The number of nitrogens with zero attached hydrogens (tertiary/aromatic N) is 3. The van der Waals surface area contributed by atoms with E-state index in [0.29, 0.717) is 12.4 Å². The molecule has 1 aliphatic heterocycles. The lowest BCUT2D eigenvalue weighted by Gasteiger charge is -2.32. The molecule has 2 atom stereocenters. The fraction of sp³-hybridized carbons (Fsp3) is 0.556. The number of likely N-dealkylation sites (tertiary alicyclic amines) is 1. The molecule has 2 unspecified atom stereocenters.